The van der Waals surface area contributed by atoms with Gasteiger partial charge in [0.2, 0.25) is 0 Å². The van der Waals surface area contributed by atoms with Crippen LogP contribution in [0.15, 0.2) is 24.3 Å². The van der Waals surface area contributed by atoms with Crippen molar-refractivity contribution in [2.45, 2.75) is 31.8 Å². The summed E-state index contributed by atoms with van der Waals surface area (Å²) in [6, 6.07) is 7.51. The lowest BCUT2D eigenvalue weighted by Gasteiger charge is -2.15. The summed E-state index contributed by atoms with van der Waals surface area (Å²) < 4.78 is 6.03. The van der Waals surface area contributed by atoms with Crippen LogP contribution in [0.4, 0.5) is 0 Å². The van der Waals surface area contributed by atoms with Crippen LogP contribution in [-0.4, -0.2) is 27.4 Å². The molecule has 20 heavy (non-hydrogen) atoms. The number of carbonyl (C=O) groups excluding carboxylic acids is 1. The van der Waals surface area contributed by atoms with Gasteiger partial charge in [-0.05, 0) is 37.8 Å². The van der Waals surface area contributed by atoms with Crippen molar-refractivity contribution < 1.29 is 9.53 Å². The molecule has 1 fully saturated rings. The molecule has 0 spiro atoms. The number of aromatic amines is 1. The molecule has 0 unspecified atom stereocenters. The van der Waals surface area contributed by atoms with E-state index in [4.69, 9.17) is 10.5 Å². The van der Waals surface area contributed by atoms with Gasteiger partial charge in [0.15, 0.2) is 5.69 Å². The molecule has 1 aromatic heterocycles. The number of benzene rings is 1. The Balaban J connectivity index is 1.96. The number of hydrogen-bond donors (Lipinski definition) is 2. The number of aromatic nitrogens is 3. The molecule has 1 aliphatic carbocycles. The molecule has 1 aliphatic rings. The van der Waals surface area contributed by atoms with Gasteiger partial charge in [-0.3, -0.25) is 4.79 Å². The third-order valence-electron chi connectivity index (χ3n) is 3.52. The predicted octanol–water partition coefficient (Wildman–Crippen LogP) is 1.89. The van der Waals surface area contributed by atoms with E-state index in [0.717, 1.165) is 24.2 Å². The van der Waals surface area contributed by atoms with Gasteiger partial charge in [-0.25, -0.2) is 0 Å². The number of H-pyrrole nitrogens is 1. The summed E-state index contributed by atoms with van der Waals surface area (Å²) in [4.78, 5) is 11.4. The lowest BCUT2D eigenvalue weighted by molar-refractivity contribution is 0.0996. The summed E-state index contributed by atoms with van der Waals surface area (Å²) in [5.41, 5.74) is 6.61. The fraction of sp³-hybridized carbons (Fsp3) is 0.357. The Labute approximate surface area is 116 Å². The third-order valence-corrected chi connectivity index (χ3v) is 3.52. The Kier molecular flexibility index (Phi) is 3.37. The average molecular weight is 272 g/mol. The Morgan fingerprint density at radius 1 is 1.25 bits per heavy atom. The number of hydrogen-bond acceptors (Lipinski definition) is 4. The van der Waals surface area contributed by atoms with Gasteiger partial charge < -0.3 is 10.5 Å². The summed E-state index contributed by atoms with van der Waals surface area (Å²) >= 11 is 0. The van der Waals surface area contributed by atoms with Crippen LogP contribution in [0.2, 0.25) is 0 Å². The highest BCUT2D eigenvalue weighted by Gasteiger charge is 2.21. The quantitative estimate of drug-likeness (QED) is 0.888. The molecule has 0 radical (unpaired) electrons. The second kappa shape index (κ2) is 5.32. The Hall–Kier alpha value is -2.37. The van der Waals surface area contributed by atoms with E-state index in [-0.39, 0.29) is 11.8 Å². The fourth-order valence-corrected chi connectivity index (χ4v) is 2.54. The molecule has 0 aliphatic heterocycles. The molecular formula is C14H16N4O2. The van der Waals surface area contributed by atoms with E-state index >= 15 is 0 Å². The van der Waals surface area contributed by atoms with E-state index in [9.17, 15) is 4.79 Å². The van der Waals surface area contributed by atoms with E-state index in [1.54, 1.807) is 0 Å². The number of rotatable bonds is 4. The highest BCUT2D eigenvalue weighted by Crippen LogP contribution is 2.33. The number of nitrogens with one attached hydrogen (secondary N) is 1. The molecule has 6 heteroatoms. The molecule has 3 N–H and O–H groups in total. The number of amides is 1. The van der Waals surface area contributed by atoms with Crippen molar-refractivity contribution in [1.29, 1.82) is 0 Å². The smallest absolute Gasteiger partial charge is 0.271 e. The first-order valence-corrected chi connectivity index (χ1v) is 6.72. The lowest BCUT2D eigenvalue weighted by Crippen LogP contribution is -2.14. The second-order valence-corrected chi connectivity index (χ2v) is 4.91. The molecular weight excluding hydrogens is 256 g/mol. The second-order valence-electron chi connectivity index (χ2n) is 4.91. The summed E-state index contributed by atoms with van der Waals surface area (Å²) in [7, 11) is 0. The van der Waals surface area contributed by atoms with Crippen LogP contribution >= 0.6 is 0 Å². The van der Waals surface area contributed by atoms with Crippen molar-refractivity contribution >= 4 is 5.91 Å². The topological polar surface area (TPSA) is 93.9 Å². The number of nitrogens with two attached hydrogens (primary N) is 1. The van der Waals surface area contributed by atoms with E-state index < -0.39 is 5.91 Å². The Morgan fingerprint density at radius 2 is 2.00 bits per heavy atom. The third kappa shape index (κ3) is 2.36. The van der Waals surface area contributed by atoms with Crippen molar-refractivity contribution in [3.05, 3.63) is 30.0 Å². The zero-order valence-electron chi connectivity index (χ0n) is 11.0. The van der Waals surface area contributed by atoms with Crippen molar-refractivity contribution in [2.75, 3.05) is 0 Å². The van der Waals surface area contributed by atoms with Crippen molar-refractivity contribution in [3.8, 4) is 17.0 Å². The molecule has 3 rings (SSSR count). The van der Waals surface area contributed by atoms with Gasteiger partial charge in [0, 0.05) is 5.56 Å². The zero-order chi connectivity index (χ0) is 13.9. The standard InChI is InChI=1S/C14H16N4O2/c15-14(19)13-12(16-18-17-13)10-7-3-4-8-11(10)20-9-5-1-2-6-9/h3-4,7-9H,1-2,5-6H2,(H2,15,19)(H,16,17,18). The fourth-order valence-electron chi connectivity index (χ4n) is 2.54. The zero-order valence-corrected chi connectivity index (χ0v) is 11.0. The maximum atomic E-state index is 11.4. The highest BCUT2D eigenvalue weighted by atomic mass is 16.5. The number of carbonyl (C=O) groups is 1. The predicted molar refractivity (Wildman–Crippen MR) is 73.2 cm³/mol. The van der Waals surface area contributed by atoms with E-state index in [2.05, 4.69) is 15.4 Å². The van der Waals surface area contributed by atoms with Crippen LogP contribution in [0.1, 0.15) is 36.2 Å². The molecule has 6 nitrogen and oxygen atoms in total. The summed E-state index contributed by atoms with van der Waals surface area (Å²) in [5.74, 6) is 0.111. The van der Waals surface area contributed by atoms with Crippen molar-refractivity contribution in [3.63, 3.8) is 0 Å². The van der Waals surface area contributed by atoms with Crippen molar-refractivity contribution in [2.24, 2.45) is 5.73 Å². The summed E-state index contributed by atoms with van der Waals surface area (Å²) in [6.45, 7) is 0. The first-order valence-electron chi connectivity index (χ1n) is 6.72. The number of ether oxygens (including phenoxy) is 1. The first kappa shape index (κ1) is 12.7. The van der Waals surface area contributed by atoms with Crippen LogP contribution < -0.4 is 10.5 Å². The van der Waals surface area contributed by atoms with Gasteiger partial charge in [-0.15, -0.1) is 0 Å². The Morgan fingerprint density at radius 3 is 2.75 bits per heavy atom. The van der Waals surface area contributed by atoms with Gasteiger partial charge in [-0.2, -0.15) is 15.4 Å². The minimum Gasteiger partial charge on any atom is -0.490 e. The monoisotopic (exact) mass is 272 g/mol. The normalized spacial score (nSPS) is 15.4. The average Bonchev–Trinajstić information content (AvgIpc) is 3.09. The van der Waals surface area contributed by atoms with E-state index in [1.807, 2.05) is 24.3 Å². The number of primary amides is 1. The van der Waals surface area contributed by atoms with Gasteiger partial charge >= 0.3 is 0 Å². The molecule has 104 valence electrons. The van der Waals surface area contributed by atoms with Crippen LogP contribution in [0.5, 0.6) is 5.75 Å². The van der Waals surface area contributed by atoms with Crippen LogP contribution in [0.3, 0.4) is 0 Å². The minimum atomic E-state index is -0.607. The first-order chi connectivity index (χ1) is 9.75. The van der Waals surface area contributed by atoms with E-state index in [0.29, 0.717) is 5.69 Å². The molecule has 2 aromatic rings. The largest absolute Gasteiger partial charge is 0.490 e. The SMILES string of the molecule is NC(=O)c1n[nH]nc1-c1ccccc1OC1CCCC1. The molecule has 1 saturated carbocycles. The highest BCUT2D eigenvalue weighted by molar-refractivity contribution is 5.97. The molecule has 0 saturated heterocycles. The maximum Gasteiger partial charge on any atom is 0.271 e. The minimum absolute atomic E-state index is 0.132. The maximum absolute atomic E-state index is 11.4. The lowest BCUT2D eigenvalue weighted by atomic mass is 10.1. The van der Waals surface area contributed by atoms with Gasteiger partial charge in [0.25, 0.3) is 5.91 Å². The molecule has 0 bridgehead atoms. The molecule has 1 aromatic carbocycles. The van der Waals surface area contributed by atoms with Gasteiger partial charge in [0.05, 0.1) is 6.10 Å². The van der Waals surface area contributed by atoms with Crippen LogP contribution in [0, 0.1) is 0 Å². The summed E-state index contributed by atoms with van der Waals surface area (Å²) in [5, 5.41) is 10.3. The molecule has 0 atom stereocenters. The van der Waals surface area contributed by atoms with E-state index in [1.165, 1.54) is 12.8 Å². The van der Waals surface area contributed by atoms with Crippen molar-refractivity contribution in [1.82, 2.24) is 15.4 Å². The van der Waals surface area contributed by atoms with Gasteiger partial charge in [-0.1, -0.05) is 12.1 Å². The van der Waals surface area contributed by atoms with Crippen LogP contribution in [-0.2, 0) is 0 Å². The van der Waals surface area contributed by atoms with Crippen LogP contribution in [0.25, 0.3) is 11.3 Å². The number of para-hydroxylation sites is 1. The number of nitrogens with zero attached hydrogens (tertiary/aromatic N) is 2. The molecule has 1 heterocycles. The Bertz CT molecular complexity index is 617. The van der Waals surface area contributed by atoms with Gasteiger partial charge in [0.1, 0.15) is 11.4 Å². The summed E-state index contributed by atoms with van der Waals surface area (Å²) in [6.07, 6.45) is 4.76. The molecule has 1 amide bonds.